The Balaban J connectivity index is 1.98. The van der Waals surface area contributed by atoms with Gasteiger partial charge in [0.05, 0.1) is 0 Å². The first-order chi connectivity index (χ1) is 5.36. The van der Waals surface area contributed by atoms with Crippen LogP contribution >= 0.6 is 11.8 Å². The van der Waals surface area contributed by atoms with Gasteiger partial charge in [0.15, 0.2) is 0 Å². The zero-order valence-corrected chi connectivity index (χ0v) is 7.32. The zero-order valence-electron chi connectivity index (χ0n) is 6.51. The minimum absolute atomic E-state index is 0.262. The first kappa shape index (κ1) is 7.47. The van der Waals surface area contributed by atoms with Crippen LogP contribution < -0.4 is 5.32 Å². The van der Waals surface area contributed by atoms with Gasteiger partial charge in [-0.1, -0.05) is 0 Å². The van der Waals surface area contributed by atoms with Gasteiger partial charge in [-0.15, -0.1) is 0 Å². The Morgan fingerprint density at radius 2 is 2.36 bits per heavy atom. The minimum atomic E-state index is 0.262. The van der Waals surface area contributed by atoms with Gasteiger partial charge in [-0.05, 0) is 30.3 Å². The van der Waals surface area contributed by atoms with E-state index in [1.54, 1.807) is 0 Å². The van der Waals surface area contributed by atoms with Crippen LogP contribution in [-0.4, -0.2) is 23.5 Å². The summed E-state index contributed by atoms with van der Waals surface area (Å²) in [5.41, 5.74) is 0. The Hall–Kier alpha value is -0.180. The Morgan fingerprint density at radius 3 is 3.27 bits per heavy atom. The molecule has 62 valence electrons. The Morgan fingerprint density at radius 1 is 1.45 bits per heavy atom. The maximum Gasteiger partial charge on any atom is 0.220 e. The molecule has 1 amide bonds. The van der Waals surface area contributed by atoms with Crippen molar-refractivity contribution in [3.05, 3.63) is 0 Å². The fraction of sp³-hybridized carbons (Fsp3) is 0.875. The lowest BCUT2D eigenvalue weighted by Crippen LogP contribution is -2.47. The third kappa shape index (κ3) is 1.53. The number of rotatable bonds is 0. The second kappa shape index (κ2) is 3.05. The topological polar surface area (TPSA) is 29.1 Å². The van der Waals surface area contributed by atoms with Gasteiger partial charge < -0.3 is 5.32 Å². The normalized spacial score (nSPS) is 37.6. The highest BCUT2D eigenvalue weighted by Crippen LogP contribution is 2.29. The molecule has 11 heavy (non-hydrogen) atoms. The first-order valence-corrected chi connectivity index (χ1v) is 5.39. The molecule has 3 heteroatoms. The summed E-state index contributed by atoms with van der Waals surface area (Å²) in [6.45, 7) is 0. The number of carbonyl (C=O) groups excluding carboxylic acids is 1. The van der Waals surface area contributed by atoms with Crippen molar-refractivity contribution in [2.75, 3.05) is 11.5 Å². The van der Waals surface area contributed by atoms with E-state index in [1.165, 1.54) is 17.9 Å². The molecule has 0 aromatic carbocycles. The highest BCUT2D eigenvalue weighted by Gasteiger charge is 2.30. The fourth-order valence-corrected chi connectivity index (χ4v) is 3.16. The number of fused-ring (bicyclic) bond motifs is 1. The molecule has 1 N–H and O–H groups in total. The van der Waals surface area contributed by atoms with Crippen LogP contribution in [0.2, 0.25) is 0 Å². The molecule has 2 aliphatic rings. The minimum Gasteiger partial charge on any atom is -0.353 e. The van der Waals surface area contributed by atoms with Gasteiger partial charge in [0.1, 0.15) is 0 Å². The molecule has 2 heterocycles. The van der Waals surface area contributed by atoms with Crippen molar-refractivity contribution in [2.24, 2.45) is 5.92 Å². The molecule has 2 saturated heterocycles. The molecule has 0 bridgehead atoms. The molecule has 2 atom stereocenters. The number of thioether (sulfide) groups is 1. The molecule has 2 unspecified atom stereocenters. The number of nitrogens with one attached hydrogen (secondary N) is 1. The van der Waals surface area contributed by atoms with Crippen molar-refractivity contribution in [3.8, 4) is 0 Å². The molecule has 0 radical (unpaired) electrons. The van der Waals surface area contributed by atoms with Gasteiger partial charge >= 0.3 is 0 Å². The molecular weight excluding hydrogens is 158 g/mol. The van der Waals surface area contributed by atoms with Gasteiger partial charge in [-0.2, -0.15) is 11.8 Å². The van der Waals surface area contributed by atoms with Gasteiger partial charge in [-0.3, -0.25) is 4.79 Å². The summed E-state index contributed by atoms with van der Waals surface area (Å²) >= 11 is 2.03. The average molecular weight is 171 g/mol. The van der Waals surface area contributed by atoms with E-state index in [-0.39, 0.29) is 5.91 Å². The van der Waals surface area contributed by atoms with Crippen LogP contribution in [0.3, 0.4) is 0 Å². The van der Waals surface area contributed by atoms with Crippen LogP contribution in [0, 0.1) is 5.92 Å². The molecule has 0 saturated carbocycles. The molecule has 2 aliphatic heterocycles. The smallest absolute Gasteiger partial charge is 0.220 e. The lowest BCUT2D eigenvalue weighted by atomic mass is 9.90. The molecule has 0 spiro atoms. The van der Waals surface area contributed by atoms with Crippen LogP contribution in [0.1, 0.15) is 19.3 Å². The van der Waals surface area contributed by atoms with E-state index in [1.807, 2.05) is 11.8 Å². The molecule has 2 rings (SSSR count). The maximum atomic E-state index is 11.0. The molecule has 2 fully saturated rings. The molecular formula is C8H13NOS. The van der Waals surface area contributed by atoms with Gasteiger partial charge in [0.25, 0.3) is 0 Å². The molecule has 2 nitrogen and oxygen atoms in total. The summed E-state index contributed by atoms with van der Waals surface area (Å²) in [6.07, 6.45) is 3.05. The van der Waals surface area contributed by atoms with E-state index in [4.69, 9.17) is 0 Å². The van der Waals surface area contributed by atoms with Crippen molar-refractivity contribution in [1.29, 1.82) is 0 Å². The second-order valence-corrected chi connectivity index (χ2v) is 4.49. The lowest BCUT2D eigenvalue weighted by Gasteiger charge is -2.35. The van der Waals surface area contributed by atoms with Crippen molar-refractivity contribution < 1.29 is 4.79 Å². The van der Waals surface area contributed by atoms with Crippen molar-refractivity contribution in [1.82, 2.24) is 5.32 Å². The summed E-state index contributed by atoms with van der Waals surface area (Å²) in [7, 11) is 0. The Kier molecular flexibility index (Phi) is 2.07. The number of carbonyl (C=O) groups is 1. The first-order valence-electron chi connectivity index (χ1n) is 4.23. The van der Waals surface area contributed by atoms with E-state index in [0.29, 0.717) is 6.04 Å². The van der Waals surface area contributed by atoms with Crippen LogP contribution in [0.4, 0.5) is 0 Å². The van der Waals surface area contributed by atoms with Gasteiger partial charge in [0.2, 0.25) is 5.91 Å². The third-order valence-electron chi connectivity index (χ3n) is 2.56. The average Bonchev–Trinajstić information content (AvgIpc) is 2.04. The van der Waals surface area contributed by atoms with E-state index >= 15 is 0 Å². The summed E-state index contributed by atoms with van der Waals surface area (Å²) in [5, 5.41) is 3.07. The van der Waals surface area contributed by atoms with E-state index in [0.717, 1.165) is 18.8 Å². The number of hydrogen-bond donors (Lipinski definition) is 1. The van der Waals surface area contributed by atoms with Crippen molar-refractivity contribution in [3.63, 3.8) is 0 Å². The van der Waals surface area contributed by atoms with E-state index < -0.39 is 0 Å². The summed E-state index contributed by atoms with van der Waals surface area (Å²) < 4.78 is 0. The van der Waals surface area contributed by atoms with Crippen LogP contribution in [0.25, 0.3) is 0 Å². The largest absolute Gasteiger partial charge is 0.353 e. The van der Waals surface area contributed by atoms with Gasteiger partial charge in [-0.25, -0.2) is 0 Å². The predicted molar refractivity (Wildman–Crippen MR) is 46.6 cm³/mol. The molecule has 0 aliphatic carbocycles. The third-order valence-corrected chi connectivity index (χ3v) is 3.75. The molecule has 0 aromatic heterocycles. The van der Waals surface area contributed by atoms with Crippen molar-refractivity contribution >= 4 is 17.7 Å². The maximum absolute atomic E-state index is 11.0. The highest BCUT2D eigenvalue weighted by molar-refractivity contribution is 7.99. The quantitative estimate of drug-likeness (QED) is 0.589. The number of piperidine rings is 1. The number of amides is 1. The summed E-state index contributed by atoms with van der Waals surface area (Å²) in [4.78, 5) is 11.0. The Labute approximate surface area is 71.1 Å². The summed E-state index contributed by atoms with van der Waals surface area (Å²) in [6, 6.07) is 0.512. The van der Waals surface area contributed by atoms with E-state index in [9.17, 15) is 4.79 Å². The van der Waals surface area contributed by atoms with E-state index in [2.05, 4.69) is 5.32 Å². The second-order valence-electron chi connectivity index (χ2n) is 3.34. The standard InChI is InChI=1S/C8H13NOS/c10-8-2-1-6-5-11-4-3-7(6)9-8/h6-7H,1-5H2,(H,9,10). The fourth-order valence-electron chi connectivity index (χ4n) is 1.87. The Bertz CT molecular complexity index is 171. The lowest BCUT2D eigenvalue weighted by molar-refractivity contribution is -0.124. The van der Waals surface area contributed by atoms with Gasteiger partial charge in [0, 0.05) is 12.5 Å². The summed E-state index contributed by atoms with van der Waals surface area (Å²) in [5.74, 6) is 3.51. The predicted octanol–water partition coefficient (Wildman–Crippen LogP) is 1.02. The van der Waals surface area contributed by atoms with Crippen LogP contribution in [0.15, 0.2) is 0 Å². The van der Waals surface area contributed by atoms with Crippen LogP contribution in [0.5, 0.6) is 0 Å². The SMILES string of the molecule is O=C1CCC2CSCCC2N1. The van der Waals surface area contributed by atoms with Crippen molar-refractivity contribution in [2.45, 2.75) is 25.3 Å². The zero-order chi connectivity index (χ0) is 7.68. The number of hydrogen-bond acceptors (Lipinski definition) is 2. The molecule has 0 aromatic rings. The van der Waals surface area contributed by atoms with Crippen LogP contribution in [-0.2, 0) is 4.79 Å². The monoisotopic (exact) mass is 171 g/mol. The highest BCUT2D eigenvalue weighted by atomic mass is 32.2.